The molecule has 1 heterocycles. The number of rotatable bonds is 3. The average molecular weight is 288 g/mol. The SMILES string of the molecule is CC(C)(C)c1ccc(C(C#N)Nc2ccccc2F)s1. The molecule has 0 saturated carbocycles. The van der Waals surface area contributed by atoms with Crippen LogP contribution >= 0.6 is 11.3 Å². The lowest BCUT2D eigenvalue weighted by Gasteiger charge is -2.16. The van der Waals surface area contributed by atoms with Gasteiger partial charge in [-0.2, -0.15) is 5.26 Å². The summed E-state index contributed by atoms with van der Waals surface area (Å²) in [6.07, 6.45) is 0. The smallest absolute Gasteiger partial charge is 0.149 e. The van der Waals surface area contributed by atoms with Gasteiger partial charge in [0.05, 0.1) is 11.8 Å². The van der Waals surface area contributed by atoms with E-state index < -0.39 is 6.04 Å². The number of thiophene rings is 1. The van der Waals surface area contributed by atoms with Gasteiger partial charge in [-0.25, -0.2) is 4.39 Å². The summed E-state index contributed by atoms with van der Waals surface area (Å²) in [6.45, 7) is 6.40. The van der Waals surface area contributed by atoms with E-state index in [9.17, 15) is 9.65 Å². The lowest BCUT2D eigenvalue weighted by atomic mass is 9.95. The van der Waals surface area contributed by atoms with Crippen LogP contribution in [0.4, 0.5) is 10.1 Å². The van der Waals surface area contributed by atoms with Crippen molar-refractivity contribution in [3.8, 4) is 6.07 Å². The van der Waals surface area contributed by atoms with Crippen molar-refractivity contribution in [2.45, 2.75) is 32.2 Å². The average Bonchev–Trinajstić information content (AvgIpc) is 2.87. The molecule has 1 unspecified atom stereocenters. The Morgan fingerprint density at radius 1 is 1.20 bits per heavy atom. The second-order valence-corrected chi connectivity index (χ2v) is 6.75. The second kappa shape index (κ2) is 5.64. The van der Waals surface area contributed by atoms with Crippen LogP contribution in [0.25, 0.3) is 0 Å². The number of hydrogen-bond donors (Lipinski definition) is 1. The monoisotopic (exact) mass is 288 g/mol. The highest BCUT2D eigenvalue weighted by molar-refractivity contribution is 7.12. The fourth-order valence-electron chi connectivity index (χ4n) is 1.81. The Labute approximate surface area is 122 Å². The molecule has 2 rings (SSSR count). The van der Waals surface area contributed by atoms with Crippen molar-refractivity contribution in [2.24, 2.45) is 0 Å². The number of nitriles is 1. The number of nitrogens with zero attached hydrogens (tertiary/aromatic N) is 1. The van der Waals surface area contributed by atoms with Gasteiger partial charge in [0.15, 0.2) is 0 Å². The lowest BCUT2D eigenvalue weighted by Crippen LogP contribution is -2.09. The van der Waals surface area contributed by atoms with Crippen LogP contribution in [0.2, 0.25) is 0 Å². The number of halogens is 1. The molecule has 20 heavy (non-hydrogen) atoms. The summed E-state index contributed by atoms with van der Waals surface area (Å²) in [5, 5.41) is 12.3. The lowest BCUT2D eigenvalue weighted by molar-refractivity contribution is 0.604. The number of nitrogens with one attached hydrogen (secondary N) is 1. The van der Waals surface area contributed by atoms with Crippen molar-refractivity contribution in [3.63, 3.8) is 0 Å². The van der Waals surface area contributed by atoms with Gasteiger partial charge in [-0.1, -0.05) is 32.9 Å². The maximum Gasteiger partial charge on any atom is 0.149 e. The topological polar surface area (TPSA) is 35.8 Å². The maximum atomic E-state index is 13.6. The normalized spacial score (nSPS) is 12.8. The third-order valence-electron chi connectivity index (χ3n) is 2.95. The first-order chi connectivity index (χ1) is 9.41. The zero-order valence-corrected chi connectivity index (χ0v) is 12.6. The third-order valence-corrected chi connectivity index (χ3v) is 4.53. The van der Waals surface area contributed by atoms with Crippen LogP contribution in [0.15, 0.2) is 36.4 Å². The number of anilines is 1. The quantitative estimate of drug-likeness (QED) is 0.875. The van der Waals surface area contributed by atoms with E-state index in [1.807, 2.05) is 12.1 Å². The van der Waals surface area contributed by atoms with Crippen molar-refractivity contribution in [1.29, 1.82) is 5.26 Å². The van der Waals surface area contributed by atoms with E-state index in [0.717, 1.165) is 4.88 Å². The van der Waals surface area contributed by atoms with Crippen LogP contribution in [0.3, 0.4) is 0 Å². The predicted octanol–water partition coefficient (Wildman–Crippen LogP) is 4.86. The summed E-state index contributed by atoms with van der Waals surface area (Å²) in [7, 11) is 0. The molecule has 1 aromatic heterocycles. The van der Waals surface area contributed by atoms with Crippen LogP contribution in [0.5, 0.6) is 0 Å². The number of benzene rings is 1. The molecule has 2 aromatic rings. The molecule has 0 bridgehead atoms. The van der Waals surface area contributed by atoms with E-state index in [1.165, 1.54) is 10.9 Å². The molecule has 1 N–H and O–H groups in total. The van der Waals surface area contributed by atoms with Crippen LogP contribution < -0.4 is 5.32 Å². The molecular weight excluding hydrogens is 271 g/mol. The maximum absolute atomic E-state index is 13.6. The van der Waals surface area contributed by atoms with Crippen LogP contribution in [-0.4, -0.2) is 0 Å². The van der Waals surface area contributed by atoms with Crippen LogP contribution in [0.1, 0.15) is 36.6 Å². The number of hydrogen-bond acceptors (Lipinski definition) is 3. The minimum atomic E-state index is -0.534. The van der Waals surface area contributed by atoms with Gasteiger partial charge in [-0.05, 0) is 29.7 Å². The van der Waals surface area contributed by atoms with Gasteiger partial charge in [-0.3, -0.25) is 0 Å². The van der Waals surface area contributed by atoms with Crippen LogP contribution in [0, 0.1) is 17.1 Å². The van der Waals surface area contributed by atoms with E-state index in [1.54, 1.807) is 29.5 Å². The van der Waals surface area contributed by atoms with Crippen molar-refractivity contribution < 1.29 is 4.39 Å². The van der Waals surface area contributed by atoms with Gasteiger partial charge in [0.25, 0.3) is 0 Å². The van der Waals surface area contributed by atoms with Gasteiger partial charge in [0, 0.05) is 9.75 Å². The molecule has 0 spiro atoms. The predicted molar refractivity (Wildman–Crippen MR) is 81.4 cm³/mol. The summed E-state index contributed by atoms with van der Waals surface area (Å²) in [5.41, 5.74) is 0.408. The summed E-state index contributed by atoms with van der Waals surface area (Å²) in [4.78, 5) is 2.11. The van der Waals surface area contributed by atoms with E-state index >= 15 is 0 Å². The standard InChI is InChI=1S/C16H17FN2S/c1-16(2,3)15-9-8-14(20-15)13(10-18)19-12-7-5-4-6-11(12)17/h4-9,13,19H,1-3H3. The second-order valence-electron chi connectivity index (χ2n) is 5.64. The third kappa shape index (κ3) is 3.17. The highest BCUT2D eigenvalue weighted by atomic mass is 32.1. The first-order valence-corrected chi connectivity index (χ1v) is 7.24. The first kappa shape index (κ1) is 14.5. The highest BCUT2D eigenvalue weighted by Gasteiger charge is 2.20. The largest absolute Gasteiger partial charge is 0.363 e. The minimum absolute atomic E-state index is 0.0565. The van der Waals surface area contributed by atoms with Gasteiger partial charge in [-0.15, -0.1) is 11.3 Å². The molecule has 0 amide bonds. The van der Waals surface area contributed by atoms with E-state index in [0.29, 0.717) is 5.69 Å². The summed E-state index contributed by atoms with van der Waals surface area (Å²) in [6, 6.07) is 12.0. The number of para-hydroxylation sites is 1. The van der Waals surface area contributed by atoms with Crippen molar-refractivity contribution in [2.75, 3.05) is 5.32 Å². The Hall–Kier alpha value is -1.86. The summed E-state index contributed by atoms with van der Waals surface area (Å²) in [5.74, 6) is -0.347. The first-order valence-electron chi connectivity index (χ1n) is 6.42. The Morgan fingerprint density at radius 3 is 2.45 bits per heavy atom. The summed E-state index contributed by atoms with van der Waals surface area (Å²) < 4.78 is 13.6. The van der Waals surface area contributed by atoms with E-state index in [2.05, 4.69) is 32.2 Å². The Bertz CT molecular complexity index is 634. The fourth-order valence-corrected chi connectivity index (χ4v) is 2.87. The molecule has 4 heteroatoms. The molecule has 0 fully saturated rings. The molecule has 104 valence electrons. The minimum Gasteiger partial charge on any atom is -0.363 e. The Morgan fingerprint density at radius 2 is 1.90 bits per heavy atom. The molecule has 0 radical (unpaired) electrons. The Balaban J connectivity index is 2.24. The van der Waals surface area contributed by atoms with Gasteiger partial charge in [0.2, 0.25) is 0 Å². The van der Waals surface area contributed by atoms with E-state index in [-0.39, 0.29) is 11.2 Å². The Kier molecular flexibility index (Phi) is 4.10. The molecule has 0 saturated heterocycles. The molecule has 1 aromatic carbocycles. The van der Waals surface area contributed by atoms with Gasteiger partial charge in [0.1, 0.15) is 11.9 Å². The van der Waals surface area contributed by atoms with Gasteiger partial charge >= 0.3 is 0 Å². The van der Waals surface area contributed by atoms with E-state index in [4.69, 9.17) is 0 Å². The van der Waals surface area contributed by atoms with Crippen molar-refractivity contribution in [3.05, 3.63) is 52.0 Å². The molecule has 0 aliphatic rings. The highest BCUT2D eigenvalue weighted by Crippen LogP contribution is 2.33. The zero-order valence-electron chi connectivity index (χ0n) is 11.8. The van der Waals surface area contributed by atoms with Crippen LogP contribution in [-0.2, 0) is 5.41 Å². The summed E-state index contributed by atoms with van der Waals surface area (Å²) >= 11 is 1.59. The van der Waals surface area contributed by atoms with Crippen molar-refractivity contribution >= 4 is 17.0 Å². The molecular formula is C16H17FN2S. The fraction of sp³-hybridized carbons (Fsp3) is 0.312. The van der Waals surface area contributed by atoms with Crippen molar-refractivity contribution in [1.82, 2.24) is 0 Å². The van der Waals surface area contributed by atoms with Gasteiger partial charge < -0.3 is 5.32 Å². The molecule has 0 aliphatic carbocycles. The molecule has 1 atom stereocenters. The molecule has 2 nitrogen and oxygen atoms in total. The molecule has 0 aliphatic heterocycles. The zero-order chi connectivity index (χ0) is 14.8.